The number of rotatable bonds is 3. The van der Waals surface area contributed by atoms with Crippen LogP contribution in [0.2, 0.25) is 0 Å². The molecule has 2 heterocycles. The Hall–Kier alpha value is -2.14. The molecule has 25 heavy (non-hydrogen) atoms. The van der Waals surface area contributed by atoms with Gasteiger partial charge in [0.1, 0.15) is 0 Å². The normalized spacial score (nSPS) is 15.8. The SMILES string of the molecule is Cc1ccccc1-n1nc(C)c(C(=O)N2CC[NH+](C)CC2)c1C(C)C. The van der Waals surface area contributed by atoms with Crippen LogP contribution in [0, 0.1) is 13.8 Å². The largest absolute Gasteiger partial charge is 0.334 e. The molecule has 2 aromatic rings. The van der Waals surface area contributed by atoms with E-state index in [1.165, 1.54) is 4.90 Å². The molecule has 134 valence electrons. The van der Waals surface area contributed by atoms with Crippen molar-refractivity contribution in [1.29, 1.82) is 0 Å². The van der Waals surface area contributed by atoms with Gasteiger partial charge < -0.3 is 9.80 Å². The van der Waals surface area contributed by atoms with Crippen molar-refractivity contribution in [2.75, 3.05) is 33.2 Å². The zero-order valence-electron chi connectivity index (χ0n) is 16.0. The Balaban J connectivity index is 2.06. The summed E-state index contributed by atoms with van der Waals surface area (Å²) in [6.07, 6.45) is 0. The summed E-state index contributed by atoms with van der Waals surface area (Å²) in [4.78, 5) is 16.7. The Morgan fingerprint density at radius 3 is 2.40 bits per heavy atom. The summed E-state index contributed by atoms with van der Waals surface area (Å²) in [5.74, 6) is 0.353. The zero-order chi connectivity index (χ0) is 18.1. The Bertz CT molecular complexity index is 770. The minimum atomic E-state index is 0.133. The summed E-state index contributed by atoms with van der Waals surface area (Å²) in [7, 11) is 2.18. The van der Waals surface area contributed by atoms with Gasteiger partial charge in [0.15, 0.2) is 0 Å². The maximum Gasteiger partial charge on any atom is 0.258 e. The molecule has 1 saturated heterocycles. The standard InChI is InChI=1S/C20H28N4O/c1-14(2)19-18(20(25)23-12-10-22(5)11-13-23)16(4)21-24(19)17-9-7-6-8-15(17)3/h6-9,14H,10-13H2,1-5H3/p+1. The summed E-state index contributed by atoms with van der Waals surface area (Å²) >= 11 is 0. The van der Waals surface area contributed by atoms with Gasteiger partial charge in [-0.15, -0.1) is 0 Å². The molecule has 0 saturated carbocycles. The number of carbonyl (C=O) groups excluding carboxylic acids is 1. The molecule has 5 heteroatoms. The van der Waals surface area contributed by atoms with Crippen LogP contribution in [0.3, 0.4) is 0 Å². The molecule has 0 unspecified atom stereocenters. The number of para-hydroxylation sites is 1. The fraction of sp³-hybridized carbons (Fsp3) is 0.500. The molecule has 0 spiro atoms. The lowest BCUT2D eigenvalue weighted by Gasteiger charge is -2.30. The van der Waals surface area contributed by atoms with E-state index in [1.807, 2.05) is 28.6 Å². The summed E-state index contributed by atoms with van der Waals surface area (Å²) in [5, 5.41) is 4.76. The van der Waals surface area contributed by atoms with Crippen LogP contribution in [0.25, 0.3) is 5.69 Å². The maximum atomic E-state index is 13.2. The van der Waals surface area contributed by atoms with Crippen molar-refractivity contribution >= 4 is 5.91 Å². The van der Waals surface area contributed by atoms with Gasteiger partial charge in [-0.2, -0.15) is 5.10 Å². The number of nitrogens with zero attached hydrogens (tertiary/aromatic N) is 3. The van der Waals surface area contributed by atoms with Crippen LogP contribution in [0.5, 0.6) is 0 Å². The fourth-order valence-electron chi connectivity index (χ4n) is 3.58. The third-order valence-electron chi connectivity index (χ3n) is 5.10. The van der Waals surface area contributed by atoms with Crippen LogP contribution in [0.1, 0.15) is 47.1 Å². The third-order valence-corrected chi connectivity index (χ3v) is 5.10. The molecule has 1 aromatic heterocycles. The third kappa shape index (κ3) is 3.33. The van der Waals surface area contributed by atoms with Crippen molar-refractivity contribution in [2.45, 2.75) is 33.6 Å². The molecule has 0 radical (unpaired) electrons. The number of quaternary nitrogens is 1. The number of aromatic nitrogens is 2. The summed E-state index contributed by atoms with van der Waals surface area (Å²) in [6, 6.07) is 8.21. The van der Waals surface area contributed by atoms with E-state index in [2.05, 4.69) is 40.0 Å². The summed E-state index contributed by atoms with van der Waals surface area (Å²) in [6.45, 7) is 12.0. The minimum Gasteiger partial charge on any atom is -0.334 e. The number of amides is 1. The second kappa shape index (κ2) is 7.00. The predicted octanol–water partition coefficient (Wildman–Crippen LogP) is 1.58. The van der Waals surface area contributed by atoms with Crippen LogP contribution in [0.15, 0.2) is 24.3 Å². The summed E-state index contributed by atoms with van der Waals surface area (Å²) in [5.41, 5.74) is 4.84. The minimum absolute atomic E-state index is 0.133. The number of hydrogen-bond donors (Lipinski definition) is 1. The lowest BCUT2D eigenvalue weighted by Crippen LogP contribution is -3.12. The van der Waals surface area contributed by atoms with E-state index in [1.54, 1.807) is 0 Å². The van der Waals surface area contributed by atoms with E-state index in [0.717, 1.165) is 54.4 Å². The molecule has 5 nitrogen and oxygen atoms in total. The first kappa shape index (κ1) is 17.7. The Kier molecular flexibility index (Phi) is 4.95. The Morgan fingerprint density at radius 2 is 1.80 bits per heavy atom. The molecule has 0 atom stereocenters. The molecular weight excluding hydrogens is 312 g/mol. The highest BCUT2D eigenvalue weighted by atomic mass is 16.2. The van der Waals surface area contributed by atoms with Gasteiger partial charge in [-0.1, -0.05) is 32.0 Å². The highest BCUT2D eigenvalue weighted by Gasteiger charge is 2.30. The molecule has 1 aromatic carbocycles. The Labute approximate surface area is 150 Å². The van der Waals surface area contributed by atoms with Crippen molar-refractivity contribution in [2.24, 2.45) is 0 Å². The lowest BCUT2D eigenvalue weighted by molar-refractivity contribution is -0.883. The van der Waals surface area contributed by atoms with E-state index in [-0.39, 0.29) is 11.8 Å². The van der Waals surface area contributed by atoms with Gasteiger partial charge in [-0.25, -0.2) is 4.68 Å². The van der Waals surface area contributed by atoms with Crippen LogP contribution >= 0.6 is 0 Å². The van der Waals surface area contributed by atoms with Crippen LogP contribution in [-0.4, -0.2) is 53.8 Å². The van der Waals surface area contributed by atoms with E-state index < -0.39 is 0 Å². The number of nitrogens with one attached hydrogen (secondary N) is 1. The van der Waals surface area contributed by atoms with Crippen LogP contribution in [-0.2, 0) is 0 Å². The highest BCUT2D eigenvalue weighted by molar-refractivity contribution is 5.97. The molecule has 3 rings (SSSR count). The number of carbonyl (C=O) groups is 1. The van der Waals surface area contributed by atoms with Gasteiger partial charge in [0.2, 0.25) is 0 Å². The monoisotopic (exact) mass is 341 g/mol. The van der Waals surface area contributed by atoms with Crippen LogP contribution < -0.4 is 4.90 Å². The second-order valence-electron chi connectivity index (χ2n) is 7.45. The summed E-state index contributed by atoms with van der Waals surface area (Å²) < 4.78 is 1.98. The number of hydrogen-bond acceptors (Lipinski definition) is 2. The molecule has 1 amide bonds. The lowest BCUT2D eigenvalue weighted by atomic mass is 10.0. The first-order valence-electron chi connectivity index (χ1n) is 9.16. The van der Waals surface area contributed by atoms with Crippen molar-refractivity contribution in [1.82, 2.24) is 14.7 Å². The van der Waals surface area contributed by atoms with Crippen molar-refractivity contribution < 1.29 is 9.69 Å². The van der Waals surface area contributed by atoms with Gasteiger partial charge in [0.05, 0.1) is 55.9 Å². The maximum absolute atomic E-state index is 13.2. The number of piperazine rings is 1. The van der Waals surface area contributed by atoms with Gasteiger partial charge in [0, 0.05) is 0 Å². The van der Waals surface area contributed by atoms with E-state index >= 15 is 0 Å². The predicted molar refractivity (Wildman–Crippen MR) is 99.7 cm³/mol. The number of benzene rings is 1. The fourth-order valence-corrected chi connectivity index (χ4v) is 3.58. The molecule has 1 N–H and O–H groups in total. The first-order chi connectivity index (χ1) is 11.9. The topological polar surface area (TPSA) is 42.6 Å². The Morgan fingerprint density at radius 1 is 1.16 bits per heavy atom. The van der Waals surface area contributed by atoms with Gasteiger partial charge >= 0.3 is 0 Å². The molecule has 0 aliphatic carbocycles. The number of likely N-dealkylation sites (N-methyl/N-ethyl adjacent to an activating group) is 1. The van der Waals surface area contributed by atoms with E-state index in [0.29, 0.717) is 0 Å². The molecular formula is C20H29N4O+. The van der Waals surface area contributed by atoms with Gasteiger partial charge in [0.25, 0.3) is 5.91 Å². The van der Waals surface area contributed by atoms with Gasteiger partial charge in [-0.05, 0) is 31.4 Å². The first-order valence-corrected chi connectivity index (χ1v) is 9.16. The van der Waals surface area contributed by atoms with Crippen molar-refractivity contribution in [3.63, 3.8) is 0 Å². The number of aryl methyl sites for hydroxylation is 2. The molecule has 1 aliphatic rings. The highest BCUT2D eigenvalue weighted by Crippen LogP contribution is 2.28. The average molecular weight is 341 g/mol. The van der Waals surface area contributed by atoms with Crippen molar-refractivity contribution in [3.05, 3.63) is 46.8 Å². The van der Waals surface area contributed by atoms with E-state index in [9.17, 15) is 4.79 Å². The van der Waals surface area contributed by atoms with E-state index in [4.69, 9.17) is 5.10 Å². The van der Waals surface area contributed by atoms with Crippen LogP contribution in [0.4, 0.5) is 0 Å². The smallest absolute Gasteiger partial charge is 0.258 e. The average Bonchev–Trinajstić information content (AvgIpc) is 2.92. The van der Waals surface area contributed by atoms with Gasteiger partial charge in [-0.3, -0.25) is 4.79 Å². The zero-order valence-corrected chi connectivity index (χ0v) is 16.0. The molecule has 1 fully saturated rings. The molecule has 1 aliphatic heterocycles. The second-order valence-corrected chi connectivity index (χ2v) is 7.45. The quantitative estimate of drug-likeness (QED) is 0.921. The van der Waals surface area contributed by atoms with Crippen molar-refractivity contribution in [3.8, 4) is 5.69 Å². The molecule has 0 bridgehead atoms.